The lowest BCUT2D eigenvalue weighted by Gasteiger charge is -2.32. The number of unbranched alkanes of at least 4 members (excludes halogenated alkanes) is 2. The Labute approximate surface area is 124 Å². The number of hydrogen-bond donors (Lipinski definition) is 1. The molecule has 0 spiro atoms. The second-order valence-electron chi connectivity index (χ2n) is 5.20. The van der Waals surface area contributed by atoms with Crippen LogP contribution in [-0.4, -0.2) is 30.8 Å². The fourth-order valence-corrected chi connectivity index (χ4v) is 2.21. The van der Waals surface area contributed by atoms with Gasteiger partial charge in [-0.05, 0) is 38.2 Å². The molecule has 0 bridgehead atoms. The molecular formula is C16H21NO4. The number of rotatable bonds is 7. The van der Waals surface area contributed by atoms with Crippen LogP contribution in [0.1, 0.15) is 31.7 Å². The summed E-state index contributed by atoms with van der Waals surface area (Å²) in [5.41, 5.74) is 1.33. The van der Waals surface area contributed by atoms with Gasteiger partial charge in [0.2, 0.25) is 0 Å². The third-order valence-electron chi connectivity index (χ3n) is 3.48. The normalized spacial score (nSPS) is 20.3. The van der Waals surface area contributed by atoms with Crippen LogP contribution < -0.4 is 5.32 Å². The third-order valence-corrected chi connectivity index (χ3v) is 3.48. The van der Waals surface area contributed by atoms with Gasteiger partial charge in [-0.1, -0.05) is 30.3 Å². The molecule has 1 aliphatic rings. The van der Waals surface area contributed by atoms with Gasteiger partial charge in [0.1, 0.15) is 6.10 Å². The molecule has 0 unspecified atom stereocenters. The van der Waals surface area contributed by atoms with Crippen molar-refractivity contribution in [3.63, 3.8) is 0 Å². The molecule has 1 saturated heterocycles. The van der Waals surface area contributed by atoms with E-state index in [9.17, 15) is 9.59 Å². The number of esters is 1. The Morgan fingerprint density at radius 3 is 2.67 bits per heavy atom. The highest BCUT2D eigenvalue weighted by Crippen LogP contribution is 2.13. The van der Waals surface area contributed by atoms with Gasteiger partial charge >= 0.3 is 12.1 Å². The maximum atomic E-state index is 11.5. The van der Waals surface area contributed by atoms with E-state index in [0.29, 0.717) is 6.61 Å². The number of ether oxygens (including phenoxy) is 2. The topological polar surface area (TPSA) is 64.6 Å². The first-order chi connectivity index (χ1) is 10.2. The van der Waals surface area contributed by atoms with Crippen molar-refractivity contribution >= 4 is 12.1 Å². The first kappa shape index (κ1) is 15.4. The van der Waals surface area contributed by atoms with Crippen molar-refractivity contribution in [1.82, 2.24) is 5.32 Å². The summed E-state index contributed by atoms with van der Waals surface area (Å²) in [7, 11) is 0. The molecule has 1 amide bonds. The van der Waals surface area contributed by atoms with Crippen LogP contribution in [-0.2, 0) is 20.7 Å². The molecule has 1 N–H and O–H groups in total. The second-order valence-corrected chi connectivity index (χ2v) is 5.20. The minimum absolute atomic E-state index is 0.268. The van der Waals surface area contributed by atoms with Crippen molar-refractivity contribution in [3.05, 3.63) is 35.9 Å². The summed E-state index contributed by atoms with van der Waals surface area (Å²) in [5.74, 6) is -0.401. The lowest BCUT2D eigenvalue weighted by Crippen LogP contribution is -2.58. The Bertz CT molecular complexity index is 474. The van der Waals surface area contributed by atoms with Crippen LogP contribution in [0.15, 0.2) is 30.3 Å². The van der Waals surface area contributed by atoms with Crippen LogP contribution in [0.4, 0.5) is 4.79 Å². The maximum Gasteiger partial charge on any atom is 0.407 e. The average molecular weight is 291 g/mol. The number of alkyl carbamates (subject to hydrolysis) is 1. The number of carbonyl (C=O) groups excluding carboxylic acids is 2. The molecule has 0 radical (unpaired) electrons. The summed E-state index contributed by atoms with van der Waals surface area (Å²) >= 11 is 0. The number of aryl methyl sites for hydroxylation is 1. The van der Waals surface area contributed by atoms with E-state index in [-0.39, 0.29) is 6.10 Å². The van der Waals surface area contributed by atoms with Crippen LogP contribution >= 0.6 is 0 Å². The molecule has 5 heteroatoms. The van der Waals surface area contributed by atoms with Crippen molar-refractivity contribution in [2.75, 3.05) is 6.61 Å². The standard InChI is InChI=1S/C16H21NO4/c1-12-14(15(18)21-12)17-16(19)20-11-7-3-6-10-13-8-4-2-5-9-13/h2,4-5,8-9,12,14H,3,6-7,10-11H2,1H3,(H,17,19)/t12-,14+/m1/s1. The number of hydrogen-bond acceptors (Lipinski definition) is 4. The molecule has 2 atom stereocenters. The van der Waals surface area contributed by atoms with Crippen molar-refractivity contribution in [2.24, 2.45) is 0 Å². The van der Waals surface area contributed by atoms with E-state index >= 15 is 0 Å². The van der Waals surface area contributed by atoms with Gasteiger partial charge in [-0.3, -0.25) is 0 Å². The smallest absolute Gasteiger partial charge is 0.407 e. The summed E-state index contributed by atoms with van der Waals surface area (Å²) in [4.78, 5) is 22.5. The van der Waals surface area contributed by atoms with Gasteiger partial charge in [0.05, 0.1) is 6.61 Å². The number of carbonyl (C=O) groups is 2. The van der Waals surface area contributed by atoms with Crippen molar-refractivity contribution in [1.29, 1.82) is 0 Å². The molecule has 0 saturated carbocycles. The predicted molar refractivity (Wildman–Crippen MR) is 77.8 cm³/mol. The summed E-state index contributed by atoms with van der Waals surface area (Å²) < 4.78 is 9.78. The average Bonchev–Trinajstić information content (AvgIpc) is 2.49. The highest BCUT2D eigenvalue weighted by atomic mass is 16.6. The number of benzene rings is 1. The van der Waals surface area contributed by atoms with Gasteiger partial charge in [0, 0.05) is 0 Å². The zero-order valence-electron chi connectivity index (χ0n) is 12.2. The second kappa shape index (κ2) is 7.67. The van der Waals surface area contributed by atoms with Crippen LogP contribution in [0, 0.1) is 0 Å². The molecule has 114 valence electrons. The lowest BCUT2D eigenvalue weighted by molar-refractivity contribution is -0.174. The number of cyclic esters (lactones) is 1. The van der Waals surface area contributed by atoms with E-state index < -0.39 is 18.1 Å². The van der Waals surface area contributed by atoms with Gasteiger partial charge < -0.3 is 14.8 Å². The number of nitrogens with one attached hydrogen (secondary N) is 1. The van der Waals surface area contributed by atoms with E-state index in [2.05, 4.69) is 17.4 Å². The summed E-state index contributed by atoms with van der Waals surface area (Å²) in [6, 6.07) is 9.75. The van der Waals surface area contributed by atoms with E-state index in [1.54, 1.807) is 6.92 Å². The minimum atomic E-state index is -0.560. The SMILES string of the molecule is C[C@H]1OC(=O)[C@H]1NC(=O)OCCCCCc1ccccc1. The Hall–Kier alpha value is -2.04. The van der Waals surface area contributed by atoms with Gasteiger partial charge in [-0.25, -0.2) is 9.59 Å². The van der Waals surface area contributed by atoms with Crippen LogP contribution in [0.5, 0.6) is 0 Å². The zero-order valence-corrected chi connectivity index (χ0v) is 12.2. The first-order valence-corrected chi connectivity index (χ1v) is 7.34. The zero-order chi connectivity index (χ0) is 15.1. The highest BCUT2D eigenvalue weighted by Gasteiger charge is 2.40. The third kappa shape index (κ3) is 4.77. The van der Waals surface area contributed by atoms with Crippen LogP contribution in [0.3, 0.4) is 0 Å². The Morgan fingerprint density at radius 2 is 2.00 bits per heavy atom. The summed E-state index contributed by atoms with van der Waals surface area (Å²) in [5, 5.41) is 2.50. The molecule has 21 heavy (non-hydrogen) atoms. The fourth-order valence-electron chi connectivity index (χ4n) is 2.21. The van der Waals surface area contributed by atoms with Crippen molar-refractivity contribution < 1.29 is 19.1 Å². The summed E-state index contributed by atoms with van der Waals surface area (Å²) in [6.07, 6.45) is 3.12. The Kier molecular flexibility index (Phi) is 5.60. The molecule has 5 nitrogen and oxygen atoms in total. The van der Waals surface area contributed by atoms with Crippen LogP contribution in [0.25, 0.3) is 0 Å². The lowest BCUT2D eigenvalue weighted by atomic mass is 10.1. The first-order valence-electron chi connectivity index (χ1n) is 7.34. The molecule has 1 aliphatic heterocycles. The number of amides is 1. The molecule has 0 aromatic heterocycles. The quantitative estimate of drug-likeness (QED) is 0.619. The highest BCUT2D eigenvalue weighted by molar-refractivity contribution is 5.86. The minimum Gasteiger partial charge on any atom is -0.458 e. The van der Waals surface area contributed by atoms with E-state index in [1.165, 1.54) is 5.56 Å². The largest absolute Gasteiger partial charge is 0.458 e. The monoisotopic (exact) mass is 291 g/mol. The molecule has 2 rings (SSSR count). The van der Waals surface area contributed by atoms with Gasteiger partial charge in [-0.2, -0.15) is 0 Å². The molecule has 1 aromatic carbocycles. The fraction of sp³-hybridized carbons (Fsp3) is 0.500. The molecule has 1 heterocycles. The van der Waals surface area contributed by atoms with E-state index in [1.807, 2.05) is 18.2 Å². The predicted octanol–water partition coefficient (Wildman–Crippen LogP) is 2.44. The Balaban J connectivity index is 1.50. The molecule has 1 aromatic rings. The molecule has 0 aliphatic carbocycles. The van der Waals surface area contributed by atoms with Gasteiger partial charge in [0.25, 0.3) is 0 Å². The van der Waals surface area contributed by atoms with E-state index in [4.69, 9.17) is 9.47 Å². The molecule has 1 fully saturated rings. The van der Waals surface area contributed by atoms with Gasteiger partial charge in [0.15, 0.2) is 6.04 Å². The molecular weight excluding hydrogens is 270 g/mol. The van der Waals surface area contributed by atoms with E-state index in [0.717, 1.165) is 25.7 Å². The van der Waals surface area contributed by atoms with Gasteiger partial charge in [-0.15, -0.1) is 0 Å². The van der Waals surface area contributed by atoms with Crippen LogP contribution in [0.2, 0.25) is 0 Å². The summed E-state index contributed by atoms with van der Waals surface area (Å²) in [6.45, 7) is 2.10. The van der Waals surface area contributed by atoms with Crippen molar-refractivity contribution in [2.45, 2.75) is 44.8 Å². The Morgan fingerprint density at radius 1 is 1.24 bits per heavy atom. The van der Waals surface area contributed by atoms with Crippen molar-refractivity contribution in [3.8, 4) is 0 Å². The maximum absolute atomic E-state index is 11.5.